The maximum absolute atomic E-state index is 12.0. The highest BCUT2D eigenvalue weighted by Crippen LogP contribution is 2.16. The quantitative estimate of drug-likeness (QED) is 0.812. The molecule has 0 aromatic heterocycles. The molecule has 2 N–H and O–H groups in total. The third kappa shape index (κ3) is 4.76. The lowest BCUT2D eigenvalue weighted by Crippen LogP contribution is -2.34. The number of aliphatic carboxylic acids is 1. The van der Waals surface area contributed by atoms with Crippen molar-refractivity contribution in [2.24, 2.45) is 0 Å². The average molecular weight is 276 g/mol. The highest BCUT2D eigenvalue weighted by Gasteiger charge is 2.09. The van der Waals surface area contributed by atoms with E-state index in [9.17, 15) is 9.59 Å². The first kappa shape index (κ1) is 15.8. The van der Waals surface area contributed by atoms with Crippen molar-refractivity contribution < 1.29 is 14.7 Å². The van der Waals surface area contributed by atoms with Gasteiger partial charge in [0.15, 0.2) is 0 Å². The lowest BCUT2D eigenvalue weighted by molar-refractivity contribution is -0.131. The smallest absolute Gasteiger partial charge is 0.328 e. The molecule has 5 heteroatoms. The van der Waals surface area contributed by atoms with Gasteiger partial charge in [0.1, 0.15) is 0 Å². The fraction of sp³-hybridized carbons (Fsp3) is 0.333. The molecule has 0 saturated heterocycles. The fourth-order valence-electron chi connectivity index (χ4n) is 1.86. The summed E-state index contributed by atoms with van der Waals surface area (Å²) in [4.78, 5) is 24.2. The molecule has 0 aliphatic carbocycles. The summed E-state index contributed by atoms with van der Waals surface area (Å²) >= 11 is 0. The van der Waals surface area contributed by atoms with Gasteiger partial charge in [0.2, 0.25) is 0 Å². The summed E-state index contributed by atoms with van der Waals surface area (Å²) in [6.45, 7) is 7.01. The van der Waals surface area contributed by atoms with E-state index < -0.39 is 5.97 Å². The molecule has 0 bridgehead atoms. The van der Waals surface area contributed by atoms with Crippen LogP contribution in [0.2, 0.25) is 0 Å². The molecule has 1 rings (SSSR count). The van der Waals surface area contributed by atoms with E-state index in [0.717, 1.165) is 17.2 Å². The number of carboxylic acids is 1. The van der Waals surface area contributed by atoms with Crippen LogP contribution >= 0.6 is 0 Å². The number of hydrogen-bond donors (Lipinski definition) is 2. The molecule has 0 fully saturated rings. The maximum atomic E-state index is 12.0. The van der Waals surface area contributed by atoms with E-state index in [1.807, 2.05) is 32.9 Å². The second-order valence-electron chi connectivity index (χ2n) is 4.41. The van der Waals surface area contributed by atoms with Crippen LogP contribution in [0.15, 0.2) is 24.3 Å². The SMILES string of the molecule is CCN(CC)C(=O)Nc1cc(C)cc(/C=C/C(=O)O)c1. The molecule has 1 aromatic carbocycles. The minimum Gasteiger partial charge on any atom is -0.478 e. The minimum atomic E-state index is -1.000. The molecule has 0 aliphatic rings. The van der Waals surface area contributed by atoms with E-state index >= 15 is 0 Å². The average Bonchev–Trinajstić information content (AvgIpc) is 2.37. The molecular formula is C15H20N2O3. The number of amides is 2. The van der Waals surface area contributed by atoms with Crippen LogP contribution in [0.25, 0.3) is 6.08 Å². The van der Waals surface area contributed by atoms with Gasteiger partial charge in [-0.3, -0.25) is 0 Å². The second-order valence-corrected chi connectivity index (χ2v) is 4.41. The van der Waals surface area contributed by atoms with Crippen molar-refractivity contribution in [2.45, 2.75) is 20.8 Å². The lowest BCUT2D eigenvalue weighted by Gasteiger charge is -2.19. The van der Waals surface area contributed by atoms with Gasteiger partial charge in [-0.05, 0) is 50.1 Å². The Kier molecular flexibility index (Phi) is 5.77. The number of nitrogens with one attached hydrogen (secondary N) is 1. The van der Waals surface area contributed by atoms with Crippen molar-refractivity contribution in [3.8, 4) is 0 Å². The van der Waals surface area contributed by atoms with E-state index in [1.165, 1.54) is 6.08 Å². The number of anilines is 1. The molecule has 20 heavy (non-hydrogen) atoms. The van der Waals surface area contributed by atoms with Crippen LogP contribution in [-0.4, -0.2) is 35.1 Å². The van der Waals surface area contributed by atoms with Crippen LogP contribution in [0.3, 0.4) is 0 Å². The number of carbonyl (C=O) groups is 2. The summed E-state index contributed by atoms with van der Waals surface area (Å²) < 4.78 is 0. The van der Waals surface area contributed by atoms with Gasteiger partial charge in [0.05, 0.1) is 0 Å². The van der Waals surface area contributed by atoms with Gasteiger partial charge in [0, 0.05) is 24.9 Å². The zero-order chi connectivity index (χ0) is 15.1. The number of carboxylic acid groups (broad SMARTS) is 1. The first-order chi connectivity index (χ1) is 9.46. The number of rotatable bonds is 5. The number of urea groups is 1. The van der Waals surface area contributed by atoms with Crippen molar-refractivity contribution in [3.63, 3.8) is 0 Å². The van der Waals surface area contributed by atoms with Gasteiger partial charge in [-0.2, -0.15) is 0 Å². The van der Waals surface area contributed by atoms with Crippen LogP contribution < -0.4 is 5.32 Å². The standard InChI is InChI=1S/C15H20N2O3/c1-4-17(5-2)15(20)16-13-9-11(3)8-12(10-13)6-7-14(18)19/h6-10H,4-5H2,1-3H3,(H,16,20)(H,18,19)/b7-6+. The van der Waals surface area contributed by atoms with Crippen LogP contribution in [0.5, 0.6) is 0 Å². The Morgan fingerprint density at radius 1 is 1.25 bits per heavy atom. The molecule has 2 amide bonds. The number of benzene rings is 1. The molecule has 0 aliphatic heterocycles. The molecule has 1 aromatic rings. The molecule has 0 heterocycles. The second kappa shape index (κ2) is 7.33. The molecule has 108 valence electrons. The Hall–Kier alpha value is -2.30. The van der Waals surface area contributed by atoms with Crippen LogP contribution in [-0.2, 0) is 4.79 Å². The van der Waals surface area contributed by atoms with Crippen LogP contribution in [0.4, 0.5) is 10.5 Å². The zero-order valence-corrected chi connectivity index (χ0v) is 12.0. The number of hydrogen-bond acceptors (Lipinski definition) is 2. The molecule has 0 spiro atoms. The van der Waals surface area contributed by atoms with Gasteiger partial charge in [0.25, 0.3) is 0 Å². The predicted octanol–water partition coefficient (Wildman–Crippen LogP) is 2.97. The summed E-state index contributed by atoms with van der Waals surface area (Å²) in [7, 11) is 0. The Morgan fingerprint density at radius 3 is 2.45 bits per heavy atom. The first-order valence-corrected chi connectivity index (χ1v) is 6.54. The lowest BCUT2D eigenvalue weighted by atomic mass is 10.1. The Bertz CT molecular complexity index is 520. The predicted molar refractivity (Wildman–Crippen MR) is 79.8 cm³/mol. The van der Waals surface area contributed by atoms with Crippen molar-refractivity contribution in [3.05, 3.63) is 35.4 Å². The van der Waals surface area contributed by atoms with Gasteiger partial charge >= 0.3 is 12.0 Å². The summed E-state index contributed by atoms with van der Waals surface area (Å²) in [6.07, 6.45) is 2.58. The summed E-state index contributed by atoms with van der Waals surface area (Å²) in [5.41, 5.74) is 2.35. The van der Waals surface area contributed by atoms with Gasteiger partial charge in [-0.25, -0.2) is 9.59 Å². The van der Waals surface area contributed by atoms with Crippen LogP contribution in [0, 0.1) is 6.92 Å². The Morgan fingerprint density at radius 2 is 1.90 bits per heavy atom. The molecular weight excluding hydrogens is 256 g/mol. The van der Waals surface area contributed by atoms with E-state index in [4.69, 9.17) is 5.11 Å². The van der Waals surface area contributed by atoms with Crippen molar-refractivity contribution in [2.75, 3.05) is 18.4 Å². The van der Waals surface area contributed by atoms with Gasteiger partial charge < -0.3 is 15.3 Å². The normalized spacial score (nSPS) is 10.6. The molecule has 5 nitrogen and oxygen atoms in total. The minimum absolute atomic E-state index is 0.159. The number of aryl methyl sites for hydroxylation is 1. The van der Waals surface area contributed by atoms with E-state index in [1.54, 1.807) is 11.0 Å². The zero-order valence-electron chi connectivity index (χ0n) is 12.0. The number of carbonyl (C=O) groups excluding carboxylic acids is 1. The highest BCUT2D eigenvalue weighted by atomic mass is 16.4. The van der Waals surface area contributed by atoms with E-state index in [0.29, 0.717) is 18.8 Å². The summed E-state index contributed by atoms with van der Waals surface area (Å²) in [5.74, 6) is -1.000. The van der Waals surface area contributed by atoms with Crippen molar-refractivity contribution >= 4 is 23.8 Å². The monoisotopic (exact) mass is 276 g/mol. The summed E-state index contributed by atoms with van der Waals surface area (Å²) in [5, 5.41) is 11.5. The Balaban J connectivity index is 2.90. The van der Waals surface area contributed by atoms with Crippen LogP contribution in [0.1, 0.15) is 25.0 Å². The topological polar surface area (TPSA) is 69.6 Å². The molecule has 0 atom stereocenters. The highest BCUT2D eigenvalue weighted by molar-refractivity contribution is 5.90. The maximum Gasteiger partial charge on any atom is 0.328 e. The van der Waals surface area contributed by atoms with Gasteiger partial charge in [-0.1, -0.05) is 6.07 Å². The van der Waals surface area contributed by atoms with E-state index in [-0.39, 0.29) is 6.03 Å². The first-order valence-electron chi connectivity index (χ1n) is 6.54. The van der Waals surface area contributed by atoms with Gasteiger partial charge in [-0.15, -0.1) is 0 Å². The molecule has 0 radical (unpaired) electrons. The molecule has 0 unspecified atom stereocenters. The fourth-order valence-corrected chi connectivity index (χ4v) is 1.86. The van der Waals surface area contributed by atoms with Crippen molar-refractivity contribution in [1.29, 1.82) is 0 Å². The third-order valence-corrected chi connectivity index (χ3v) is 2.82. The molecule has 0 saturated carbocycles. The largest absolute Gasteiger partial charge is 0.478 e. The number of nitrogens with zero attached hydrogens (tertiary/aromatic N) is 1. The summed E-state index contributed by atoms with van der Waals surface area (Å²) in [6, 6.07) is 5.29. The third-order valence-electron chi connectivity index (χ3n) is 2.82. The van der Waals surface area contributed by atoms with Crippen molar-refractivity contribution in [1.82, 2.24) is 4.90 Å². The van der Waals surface area contributed by atoms with E-state index in [2.05, 4.69) is 5.32 Å². The Labute approximate surface area is 118 Å².